The summed E-state index contributed by atoms with van der Waals surface area (Å²) in [7, 11) is 0. The Morgan fingerprint density at radius 2 is 1.95 bits per heavy atom. The number of carboxylic acids is 1. The van der Waals surface area contributed by atoms with Gasteiger partial charge in [-0.25, -0.2) is 14.6 Å². The molecule has 1 N–H and O–H groups in total. The minimum absolute atomic E-state index is 0.0902. The van der Waals surface area contributed by atoms with E-state index in [2.05, 4.69) is 9.88 Å². The van der Waals surface area contributed by atoms with Gasteiger partial charge in [0.15, 0.2) is 5.69 Å². The minimum Gasteiger partial charge on any atom is -0.476 e. The second kappa shape index (κ2) is 6.62. The van der Waals surface area contributed by atoms with Gasteiger partial charge in [-0.1, -0.05) is 0 Å². The van der Waals surface area contributed by atoms with Crippen molar-refractivity contribution in [3.8, 4) is 0 Å². The zero-order valence-electron chi connectivity index (χ0n) is 13.0. The molecule has 1 fully saturated rings. The molecule has 1 aliphatic rings. The Labute approximate surface area is 133 Å². The van der Waals surface area contributed by atoms with Crippen LogP contribution in [0.15, 0.2) is 5.38 Å². The molecule has 1 saturated heterocycles. The van der Waals surface area contributed by atoms with E-state index in [1.807, 2.05) is 20.8 Å². The Morgan fingerprint density at radius 3 is 2.45 bits per heavy atom. The molecule has 1 aliphatic heterocycles. The molecule has 0 atom stereocenters. The summed E-state index contributed by atoms with van der Waals surface area (Å²) in [5.41, 5.74) is -0.394. The van der Waals surface area contributed by atoms with E-state index in [0.29, 0.717) is 19.6 Å². The van der Waals surface area contributed by atoms with Crippen LogP contribution in [0.4, 0.5) is 4.79 Å². The number of rotatable bonds is 3. The quantitative estimate of drug-likeness (QED) is 0.913. The molecule has 1 aromatic heterocycles. The van der Waals surface area contributed by atoms with E-state index in [1.54, 1.807) is 10.3 Å². The molecule has 0 saturated carbocycles. The van der Waals surface area contributed by atoms with Crippen LogP contribution in [-0.2, 0) is 11.3 Å². The van der Waals surface area contributed by atoms with Gasteiger partial charge in [0.2, 0.25) is 0 Å². The summed E-state index contributed by atoms with van der Waals surface area (Å²) >= 11 is 1.35. The van der Waals surface area contributed by atoms with Gasteiger partial charge in [0, 0.05) is 31.6 Å². The highest BCUT2D eigenvalue weighted by Crippen LogP contribution is 2.15. The average molecular weight is 327 g/mol. The number of carboxylic acid groups (broad SMARTS) is 1. The van der Waals surface area contributed by atoms with E-state index in [1.165, 1.54) is 11.3 Å². The topological polar surface area (TPSA) is 83.0 Å². The number of thiazole rings is 1. The van der Waals surface area contributed by atoms with Crippen LogP contribution < -0.4 is 0 Å². The third kappa shape index (κ3) is 4.67. The molecular weight excluding hydrogens is 306 g/mol. The predicted molar refractivity (Wildman–Crippen MR) is 82.2 cm³/mol. The van der Waals surface area contributed by atoms with Crippen LogP contribution in [0.25, 0.3) is 0 Å². The second-order valence-electron chi connectivity index (χ2n) is 6.18. The molecule has 2 rings (SSSR count). The highest BCUT2D eigenvalue weighted by Gasteiger charge is 2.26. The molecule has 0 unspecified atom stereocenters. The molecule has 0 radical (unpaired) electrons. The van der Waals surface area contributed by atoms with Crippen molar-refractivity contribution < 1.29 is 19.4 Å². The maximum Gasteiger partial charge on any atom is 0.410 e. The molecule has 1 aromatic rings. The van der Waals surface area contributed by atoms with Crippen LogP contribution in [0.2, 0.25) is 0 Å². The lowest BCUT2D eigenvalue weighted by molar-refractivity contribution is 0.0138. The summed E-state index contributed by atoms with van der Waals surface area (Å²) in [6.07, 6.45) is -0.283. The molecular formula is C14H21N3O4S. The third-order valence-corrected chi connectivity index (χ3v) is 3.99. The number of nitrogens with zero attached hydrogens (tertiary/aromatic N) is 3. The molecule has 0 bridgehead atoms. The lowest BCUT2D eigenvalue weighted by atomic mass is 10.2. The molecule has 1 amide bonds. The first-order valence-corrected chi connectivity index (χ1v) is 8.00. The maximum atomic E-state index is 12.0. The van der Waals surface area contributed by atoms with Crippen LogP contribution in [0.3, 0.4) is 0 Å². The van der Waals surface area contributed by atoms with Gasteiger partial charge >= 0.3 is 12.1 Å². The molecule has 0 aliphatic carbocycles. The zero-order chi connectivity index (χ0) is 16.3. The van der Waals surface area contributed by atoms with Crippen molar-refractivity contribution >= 4 is 23.4 Å². The molecule has 0 spiro atoms. The van der Waals surface area contributed by atoms with E-state index >= 15 is 0 Å². The first-order valence-electron chi connectivity index (χ1n) is 7.12. The molecule has 8 heteroatoms. The fourth-order valence-corrected chi connectivity index (χ4v) is 2.90. The Balaban J connectivity index is 1.81. The molecule has 22 heavy (non-hydrogen) atoms. The highest BCUT2D eigenvalue weighted by atomic mass is 32.1. The van der Waals surface area contributed by atoms with Gasteiger partial charge in [-0.15, -0.1) is 11.3 Å². The number of carbonyl (C=O) groups excluding carboxylic acids is 1. The Morgan fingerprint density at radius 1 is 1.32 bits per heavy atom. The molecule has 122 valence electrons. The van der Waals surface area contributed by atoms with Crippen molar-refractivity contribution in [3.05, 3.63) is 16.1 Å². The lowest BCUT2D eigenvalue weighted by Crippen LogP contribution is -2.49. The van der Waals surface area contributed by atoms with Crippen LogP contribution in [0, 0.1) is 0 Å². The van der Waals surface area contributed by atoms with E-state index < -0.39 is 11.6 Å². The smallest absolute Gasteiger partial charge is 0.410 e. The van der Waals surface area contributed by atoms with Gasteiger partial charge in [0.25, 0.3) is 0 Å². The fraction of sp³-hybridized carbons (Fsp3) is 0.643. The summed E-state index contributed by atoms with van der Waals surface area (Å²) in [6, 6.07) is 0. The number of piperazine rings is 1. The first-order chi connectivity index (χ1) is 10.2. The number of aromatic carboxylic acids is 1. The van der Waals surface area contributed by atoms with Gasteiger partial charge in [-0.3, -0.25) is 4.90 Å². The highest BCUT2D eigenvalue weighted by molar-refractivity contribution is 7.09. The summed E-state index contributed by atoms with van der Waals surface area (Å²) < 4.78 is 5.35. The Hall–Kier alpha value is -1.67. The summed E-state index contributed by atoms with van der Waals surface area (Å²) in [5.74, 6) is -1.00. The maximum absolute atomic E-state index is 12.0. The van der Waals surface area contributed by atoms with Gasteiger partial charge < -0.3 is 14.7 Å². The van der Waals surface area contributed by atoms with E-state index in [9.17, 15) is 9.59 Å². The average Bonchev–Trinajstić information content (AvgIpc) is 2.86. The number of hydrogen-bond acceptors (Lipinski definition) is 6. The van der Waals surface area contributed by atoms with Crippen molar-refractivity contribution in [1.82, 2.24) is 14.8 Å². The van der Waals surface area contributed by atoms with Crippen molar-refractivity contribution in [2.45, 2.75) is 32.9 Å². The number of hydrogen-bond donors (Lipinski definition) is 1. The van der Waals surface area contributed by atoms with Crippen LogP contribution in [-0.4, -0.2) is 63.7 Å². The minimum atomic E-state index is -1.00. The van der Waals surface area contributed by atoms with Crippen LogP contribution in [0.1, 0.15) is 36.3 Å². The van der Waals surface area contributed by atoms with Crippen molar-refractivity contribution in [1.29, 1.82) is 0 Å². The standard InChI is InChI=1S/C14H21N3O4S/c1-14(2,3)21-13(20)17-6-4-16(5-7-17)8-11-15-10(9-22-11)12(18)19/h9H,4-8H2,1-3H3,(H,18,19). The van der Waals surface area contributed by atoms with Gasteiger partial charge in [0.1, 0.15) is 10.6 Å². The van der Waals surface area contributed by atoms with Crippen molar-refractivity contribution in [2.24, 2.45) is 0 Å². The van der Waals surface area contributed by atoms with Gasteiger partial charge in [-0.2, -0.15) is 0 Å². The Bertz CT molecular complexity index is 545. The normalized spacial score (nSPS) is 16.6. The monoisotopic (exact) mass is 327 g/mol. The molecule has 0 aromatic carbocycles. The van der Waals surface area contributed by atoms with Gasteiger partial charge in [-0.05, 0) is 20.8 Å². The summed E-state index contributed by atoms with van der Waals surface area (Å²) in [6.45, 7) is 8.82. The predicted octanol–water partition coefficient (Wildman–Crippen LogP) is 1.89. The zero-order valence-corrected chi connectivity index (χ0v) is 13.9. The van der Waals surface area contributed by atoms with Gasteiger partial charge in [0.05, 0.1) is 6.54 Å². The molecule has 7 nitrogen and oxygen atoms in total. The van der Waals surface area contributed by atoms with Crippen LogP contribution >= 0.6 is 11.3 Å². The SMILES string of the molecule is CC(C)(C)OC(=O)N1CCN(Cc2nc(C(=O)O)cs2)CC1. The second-order valence-corrected chi connectivity index (χ2v) is 7.12. The number of aromatic nitrogens is 1. The van der Waals surface area contributed by atoms with E-state index in [0.717, 1.165) is 18.1 Å². The van der Waals surface area contributed by atoms with E-state index in [-0.39, 0.29) is 11.8 Å². The first kappa shape index (κ1) is 16.7. The summed E-state index contributed by atoms with van der Waals surface area (Å²) in [5, 5.41) is 11.2. The number of carbonyl (C=O) groups is 2. The van der Waals surface area contributed by atoms with Crippen molar-refractivity contribution in [3.63, 3.8) is 0 Å². The number of amides is 1. The number of ether oxygens (including phenoxy) is 1. The van der Waals surface area contributed by atoms with Crippen molar-refractivity contribution in [2.75, 3.05) is 26.2 Å². The fourth-order valence-electron chi connectivity index (χ4n) is 2.09. The van der Waals surface area contributed by atoms with E-state index in [4.69, 9.17) is 9.84 Å². The summed E-state index contributed by atoms with van der Waals surface area (Å²) in [4.78, 5) is 30.7. The third-order valence-electron chi connectivity index (χ3n) is 3.15. The van der Waals surface area contributed by atoms with Crippen LogP contribution in [0.5, 0.6) is 0 Å². The molecule has 2 heterocycles. The largest absolute Gasteiger partial charge is 0.476 e. The lowest BCUT2D eigenvalue weighted by Gasteiger charge is -2.35. The Kier molecular flexibility index (Phi) is 5.02.